The maximum Gasteiger partial charge on any atom is 0.245 e. The highest BCUT2D eigenvalue weighted by Gasteiger charge is 2.31. The van der Waals surface area contributed by atoms with Crippen LogP contribution in [-0.2, 0) is 22.8 Å². The van der Waals surface area contributed by atoms with Crippen molar-refractivity contribution in [3.8, 4) is 5.75 Å². The Balaban J connectivity index is 1.21. The molecule has 1 amide bonds. The third-order valence-electron chi connectivity index (χ3n) is 6.59. The molecule has 3 aromatic carbocycles. The van der Waals surface area contributed by atoms with Crippen molar-refractivity contribution in [1.29, 1.82) is 0 Å². The largest absolute Gasteiger partial charge is 0.489 e. The zero-order valence-electron chi connectivity index (χ0n) is 21.1. The minimum atomic E-state index is -0.480. The molecule has 0 aliphatic carbocycles. The summed E-state index contributed by atoms with van der Waals surface area (Å²) >= 11 is 0. The van der Waals surface area contributed by atoms with Crippen LogP contribution in [0.15, 0.2) is 90.1 Å². The number of hydrogen-bond acceptors (Lipinski definition) is 7. The quantitative estimate of drug-likeness (QED) is 0.212. The van der Waals surface area contributed by atoms with Crippen molar-refractivity contribution in [2.75, 3.05) is 0 Å². The number of carbonyl (C=O) groups excluding carboxylic acids is 1. The number of aryl methyl sites for hydroxylation is 1. The number of pyridine rings is 1. The number of oxime groups is 1. The van der Waals surface area contributed by atoms with Crippen LogP contribution in [0.25, 0.3) is 10.9 Å². The van der Waals surface area contributed by atoms with Gasteiger partial charge in [-0.2, -0.15) is 0 Å². The van der Waals surface area contributed by atoms with Crippen molar-refractivity contribution in [2.24, 2.45) is 5.16 Å². The molecule has 1 aromatic heterocycles. The van der Waals surface area contributed by atoms with E-state index in [1.807, 2.05) is 79.7 Å². The highest BCUT2D eigenvalue weighted by molar-refractivity contribution is 6.01. The van der Waals surface area contributed by atoms with E-state index in [2.05, 4.69) is 27.6 Å². The molecular formula is C30H30N4O4. The molecule has 5 rings (SSSR count). The van der Waals surface area contributed by atoms with Crippen LogP contribution >= 0.6 is 0 Å². The van der Waals surface area contributed by atoms with Gasteiger partial charge in [-0.3, -0.25) is 15.0 Å². The van der Waals surface area contributed by atoms with Gasteiger partial charge in [0.15, 0.2) is 0 Å². The molecule has 0 radical (unpaired) electrons. The van der Waals surface area contributed by atoms with Gasteiger partial charge in [0.05, 0.1) is 17.3 Å². The zero-order chi connectivity index (χ0) is 26.3. The minimum absolute atomic E-state index is 0.0622. The zero-order valence-corrected chi connectivity index (χ0v) is 21.1. The fourth-order valence-corrected chi connectivity index (χ4v) is 4.63. The first-order chi connectivity index (χ1) is 18.6. The summed E-state index contributed by atoms with van der Waals surface area (Å²) in [6.07, 6.45) is 0.255. The number of hydroxylamine groups is 1. The Morgan fingerprint density at radius 1 is 1.08 bits per heavy atom. The van der Waals surface area contributed by atoms with Crippen LogP contribution in [0.2, 0.25) is 0 Å². The molecule has 4 aromatic rings. The van der Waals surface area contributed by atoms with Crippen LogP contribution in [-0.4, -0.2) is 34.0 Å². The summed E-state index contributed by atoms with van der Waals surface area (Å²) in [6, 6.07) is 27.5. The second-order valence-electron chi connectivity index (χ2n) is 9.35. The van der Waals surface area contributed by atoms with Crippen molar-refractivity contribution in [3.05, 3.63) is 107 Å². The average molecular weight is 511 g/mol. The fourth-order valence-electron chi connectivity index (χ4n) is 4.63. The van der Waals surface area contributed by atoms with Crippen LogP contribution in [0.1, 0.15) is 35.2 Å². The number of hydrogen-bond donors (Lipinski definition) is 3. The molecule has 0 saturated heterocycles. The highest BCUT2D eigenvalue weighted by atomic mass is 16.6. The smallest absolute Gasteiger partial charge is 0.245 e. The van der Waals surface area contributed by atoms with Crippen molar-refractivity contribution in [2.45, 2.75) is 45.1 Å². The fraction of sp³-hybridized carbons (Fsp3) is 0.233. The van der Waals surface area contributed by atoms with Gasteiger partial charge in [-0.15, -0.1) is 0 Å². The van der Waals surface area contributed by atoms with Crippen LogP contribution in [0.4, 0.5) is 0 Å². The topological polar surface area (TPSA) is 105 Å². The summed E-state index contributed by atoms with van der Waals surface area (Å²) in [5.41, 5.74) is 7.54. The Labute approximate surface area is 221 Å². The van der Waals surface area contributed by atoms with E-state index in [1.165, 1.54) is 0 Å². The first-order valence-electron chi connectivity index (χ1n) is 12.6. The second kappa shape index (κ2) is 11.9. The number of benzene rings is 3. The lowest BCUT2D eigenvalue weighted by atomic mass is 9.98. The van der Waals surface area contributed by atoms with E-state index in [9.17, 15) is 4.79 Å². The molecular weight excluding hydrogens is 480 g/mol. The Morgan fingerprint density at radius 2 is 1.84 bits per heavy atom. The molecule has 2 heterocycles. The lowest BCUT2D eigenvalue weighted by Gasteiger charge is -2.22. The standard InChI is InChI=1S/C30H30N4O4/c1-20-15-23(25-9-5-6-10-26(25)32-20)19-37-24-13-11-22(12-14-24)27-16-29(38-34-27)28(17-30(35)33-36)31-18-21-7-3-2-4-8-21/h2-15,28-29,31,36H,16-19H2,1H3,(H,33,35). The van der Waals surface area contributed by atoms with E-state index in [0.717, 1.165) is 44.7 Å². The van der Waals surface area contributed by atoms with Gasteiger partial charge in [0.2, 0.25) is 5.91 Å². The number of ether oxygens (including phenoxy) is 1. The summed E-state index contributed by atoms with van der Waals surface area (Å²) in [5, 5.41) is 17.8. The summed E-state index contributed by atoms with van der Waals surface area (Å²) in [4.78, 5) is 22.2. The number of aromatic nitrogens is 1. The molecule has 2 atom stereocenters. The van der Waals surface area contributed by atoms with Gasteiger partial charge in [-0.05, 0) is 54.4 Å². The molecule has 1 aliphatic rings. The number of nitrogens with zero attached hydrogens (tertiary/aromatic N) is 2. The SMILES string of the molecule is Cc1cc(COc2ccc(C3=NOC(C(CC(=O)NO)NCc4ccccc4)C3)cc2)c2ccccc2n1. The number of fused-ring (bicyclic) bond motifs is 1. The first kappa shape index (κ1) is 25.4. The number of nitrogens with one attached hydrogen (secondary N) is 2. The number of para-hydroxylation sites is 1. The lowest BCUT2D eigenvalue weighted by Crippen LogP contribution is -2.43. The molecule has 8 nitrogen and oxygen atoms in total. The summed E-state index contributed by atoms with van der Waals surface area (Å²) in [7, 11) is 0. The van der Waals surface area contributed by atoms with Crippen LogP contribution < -0.4 is 15.5 Å². The molecule has 38 heavy (non-hydrogen) atoms. The minimum Gasteiger partial charge on any atom is -0.489 e. The van der Waals surface area contributed by atoms with Gasteiger partial charge in [0, 0.05) is 36.0 Å². The van der Waals surface area contributed by atoms with Crippen molar-refractivity contribution >= 4 is 22.5 Å². The molecule has 8 heteroatoms. The molecule has 0 spiro atoms. The van der Waals surface area contributed by atoms with E-state index in [-0.39, 0.29) is 18.6 Å². The number of rotatable bonds is 10. The maximum atomic E-state index is 11.9. The van der Waals surface area contributed by atoms with Crippen molar-refractivity contribution in [3.63, 3.8) is 0 Å². The summed E-state index contributed by atoms with van der Waals surface area (Å²) in [5.74, 6) is 0.275. The van der Waals surface area contributed by atoms with E-state index in [4.69, 9.17) is 14.8 Å². The number of carbonyl (C=O) groups is 1. The Hall–Kier alpha value is -4.27. The van der Waals surface area contributed by atoms with Gasteiger partial charge in [0.25, 0.3) is 0 Å². The lowest BCUT2D eigenvalue weighted by molar-refractivity contribution is -0.130. The molecule has 194 valence electrons. The molecule has 1 aliphatic heterocycles. The van der Waals surface area contributed by atoms with Gasteiger partial charge in [-0.1, -0.05) is 53.7 Å². The van der Waals surface area contributed by atoms with Gasteiger partial charge in [-0.25, -0.2) is 5.48 Å². The normalized spacial score (nSPS) is 15.5. The Morgan fingerprint density at radius 3 is 2.63 bits per heavy atom. The third-order valence-corrected chi connectivity index (χ3v) is 6.59. The monoisotopic (exact) mass is 510 g/mol. The van der Waals surface area contributed by atoms with Crippen molar-refractivity contribution < 1.29 is 19.6 Å². The second-order valence-corrected chi connectivity index (χ2v) is 9.35. The predicted molar refractivity (Wildman–Crippen MR) is 145 cm³/mol. The summed E-state index contributed by atoms with van der Waals surface area (Å²) in [6.45, 7) is 3.00. The molecule has 0 fully saturated rings. The number of amides is 1. The van der Waals surface area contributed by atoms with Crippen LogP contribution in [0.5, 0.6) is 5.75 Å². The average Bonchev–Trinajstić information content (AvgIpc) is 3.45. The van der Waals surface area contributed by atoms with Gasteiger partial charge >= 0.3 is 0 Å². The van der Waals surface area contributed by atoms with E-state index in [1.54, 1.807) is 5.48 Å². The predicted octanol–water partition coefficient (Wildman–Crippen LogP) is 4.67. The maximum absolute atomic E-state index is 11.9. The van der Waals surface area contributed by atoms with E-state index >= 15 is 0 Å². The third kappa shape index (κ3) is 6.16. The Kier molecular flexibility index (Phi) is 7.92. The van der Waals surface area contributed by atoms with Crippen molar-refractivity contribution in [1.82, 2.24) is 15.8 Å². The molecule has 0 saturated carbocycles. The highest BCUT2D eigenvalue weighted by Crippen LogP contribution is 2.24. The first-order valence-corrected chi connectivity index (χ1v) is 12.6. The molecule has 2 unspecified atom stereocenters. The van der Waals surface area contributed by atoms with Crippen LogP contribution in [0.3, 0.4) is 0 Å². The van der Waals surface area contributed by atoms with Crippen LogP contribution in [0, 0.1) is 6.92 Å². The van der Waals surface area contributed by atoms with E-state index in [0.29, 0.717) is 19.6 Å². The summed E-state index contributed by atoms with van der Waals surface area (Å²) < 4.78 is 6.09. The van der Waals surface area contributed by atoms with E-state index < -0.39 is 5.91 Å². The Bertz CT molecular complexity index is 1420. The van der Waals surface area contributed by atoms with Gasteiger partial charge in [0.1, 0.15) is 18.5 Å². The van der Waals surface area contributed by atoms with Gasteiger partial charge < -0.3 is 14.9 Å². The molecule has 0 bridgehead atoms. The molecule has 3 N–H and O–H groups in total.